The molecule has 0 fully saturated rings. The quantitative estimate of drug-likeness (QED) is 0.433. The number of benzene rings is 3. The molecule has 7 nitrogen and oxygen atoms in total. The van der Waals surface area contributed by atoms with Crippen LogP contribution in [0.1, 0.15) is 22.8 Å². The van der Waals surface area contributed by atoms with Crippen LogP contribution in [0.3, 0.4) is 0 Å². The predicted octanol–water partition coefficient (Wildman–Crippen LogP) is 2.88. The van der Waals surface area contributed by atoms with E-state index in [0.717, 1.165) is 16.3 Å². The number of amides is 2. The number of Topliss-reactive ketones (excluding diaryl/α,β-unsaturated/α-hetero) is 1. The number of carbonyl (C=O) groups excluding carboxylic acids is 4. The van der Waals surface area contributed by atoms with Gasteiger partial charge in [-0.25, -0.2) is 0 Å². The molecule has 3 aromatic carbocycles. The molecule has 0 aliphatic heterocycles. The molecule has 0 bridgehead atoms. The lowest BCUT2D eigenvalue weighted by molar-refractivity contribution is -0.147. The normalized spacial score (nSPS) is 10.4. The number of carbonyl (C=O) groups is 4. The summed E-state index contributed by atoms with van der Waals surface area (Å²) in [5.41, 5.74) is 1.87. The molecule has 0 aliphatic rings. The van der Waals surface area contributed by atoms with Crippen molar-refractivity contribution in [3.63, 3.8) is 0 Å². The van der Waals surface area contributed by atoms with E-state index in [9.17, 15) is 19.2 Å². The lowest BCUT2D eigenvalue weighted by atomic mass is 10.0. The summed E-state index contributed by atoms with van der Waals surface area (Å²) in [6.07, 6.45) is 0.130. The van der Waals surface area contributed by atoms with Crippen LogP contribution in [-0.4, -0.2) is 36.7 Å². The third kappa shape index (κ3) is 6.24. The minimum absolute atomic E-state index is 0.0747. The molecule has 0 unspecified atom stereocenters. The van der Waals surface area contributed by atoms with E-state index >= 15 is 0 Å². The zero-order valence-corrected chi connectivity index (χ0v) is 17.0. The van der Waals surface area contributed by atoms with E-state index in [1.54, 1.807) is 24.3 Å². The van der Waals surface area contributed by atoms with Crippen LogP contribution in [0.15, 0.2) is 66.7 Å². The van der Waals surface area contributed by atoms with Gasteiger partial charge < -0.3 is 15.4 Å². The summed E-state index contributed by atoms with van der Waals surface area (Å²) < 4.78 is 4.89. The first-order valence-electron chi connectivity index (χ1n) is 9.72. The van der Waals surface area contributed by atoms with Gasteiger partial charge in [-0.1, -0.05) is 42.5 Å². The second-order valence-corrected chi connectivity index (χ2v) is 6.93. The molecule has 0 atom stereocenters. The van der Waals surface area contributed by atoms with Crippen molar-refractivity contribution in [1.82, 2.24) is 5.32 Å². The molecular formula is C24H22N2O5. The van der Waals surface area contributed by atoms with E-state index < -0.39 is 18.5 Å². The van der Waals surface area contributed by atoms with E-state index in [1.165, 1.54) is 6.92 Å². The fraction of sp³-hybridized carbons (Fsp3) is 0.167. The molecule has 0 radical (unpaired) electrons. The van der Waals surface area contributed by atoms with Gasteiger partial charge in [0.2, 0.25) is 5.91 Å². The molecule has 0 saturated carbocycles. The van der Waals surface area contributed by atoms with Crippen molar-refractivity contribution < 1.29 is 23.9 Å². The van der Waals surface area contributed by atoms with Crippen LogP contribution in [0.25, 0.3) is 10.8 Å². The first-order chi connectivity index (χ1) is 14.9. The third-order valence-corrected chi connectivity index (χ3v) is 4.60. The fourth-order valence-corrected chi connectivity index (χ4v) is 3.04. The lowest BCUT2D eigenvalue weighted by Gasteiger charge is -2.09. The number of ether oxygens (including phenoxy) is 1. The minimum Gasteiger partial charge on any atom is -0.454 e. The summed E-state index contributed by atoms with van der Waals surface area (Å²) in [5.74, 6) is -1.63. The number of fused-ring (bicyclic) bond motifs is 1. The standard InChI is InChI=1S/C24H22N2O5/c1-16(27)17-9-11-20(12-10-17)26-23(29)15-31-24(30)14-25-22(28)13-19-7-4-6-18-5-2-3-8-21(18)19/h2-12H,13-15H2,1H3,(H,25,28)(H,26,29). The van der Waals surface area contributed by atoms with Gasteiger partial charge in [-0.05, 0) is 47.5 Å². The monoisotopic (exact) mass is 418 g/mol. The smallest absolute Gasteiger partial charge is 0.325 e. The first kappa shape index (κ1) is 21.7. The van der Waals surface area contributed by atoms with Crippen LogP contribution in [0.2, 0.25) is 0 Å². The van der Waals surface area contributed by atoms with Crippen molar-refractivity contribution in [2.75, 3.05) is 18.5 Å². The number of hydrogen-bond acceptors (Lipinski definition) is 5. The molecule has 7 heteroatoms. The van der Waals surface area contributed by atoms with Crippen LogP contribution in [0, 0.1) is 0 Å². The van der Waals surface area contributed by atoms with Crippen molar-refractivity contribution in [3.8, 4) is 0 Å². The summed E-state index contributed by atoms with van der Waals surface area (Å²) in [5, 5.41) is 7.09. The highest BCUT2D eigenvalue weighted by molar-refractivity contribution is 5.96. The molecule has 0 heterocycles. The van der Waals surface area contributed by atoms with Crippen LogP contribution < -0.4 is 10.6 Å². The highest BCUT2D eigenvalue weighted by Crippen LogP contribution is 2.18. The summed E-state index contributed by atoms with van der Waals surface area (Å²) in [4.78, 5) is 47.2. The van der Waals surface area contributed by atoms with Gasteiger partial charge in [0.1, 0.15) is 6.54 Å². The average Bonchev–Trinajstić information content (AvgIpc) is 2.77. The maximum absolute atomic E-state index is 12.2. The van der Waals surface area contributed by atoms with Gasteiger partial charge in [0, 0.05) is 11.3 Å². The van der Waals surface area contributed by atoms with Gasteiger partial charge in [0.25, 0.3) is 5.91 Å². The van der Waals surface area contributed by atoms with Crippen molar-refractivity contribution in [3.05, 3.63) is 77.9 Å². The van der Waals surface area contributed by atoms with Gasteiger partial charge >= 0.3 is 5.97 Å². The molecular weight excluding hydrogens is 396 g/mol. The van der Waals surface area contributed by atoms with Crippen molar-refractivity contribution in [2.24, 2.45) is 0 Å². The lowest BCUT2D eigenvalue weighted by Crippen LogP contribution is -2.33. The Morgan fingerprint density at radius 2 is 1.55 bits per heavy atom. The van der Waals surface area contributed by atoms with Gasteiger partial charge in [-0.3, -0.25) is 19.2 Å². The summed E-state index contributed by atoms with van der Waals surface area (Å²) in [6, 6.07) is 19.8. The second-order valence-electron chi connectivity index (χ2n) is 6.93. The minimum atomic E-state index is -0.714. The Hall–Kier alpha value is -4.00. The van der Waals surface area contributed by atoms with Gasteiger partial charge in [0.15, 0.2) is 12.4 Å². The molecule has 3 aromatic rings. The highest BCUT2D eigenvalue weighted by Gasteiger charge is 2.11. The van der Waals surface area contributed by atoms with E-state index in [-0.39, 0.29) is 24.7 Å². The molecule has 0 aromatic heterocycles. The van der Waals surface area contributed by atoms with Crippen LogP contribution >= 0.6 is 0 Å². The van der Waals surface area contributed by atoms with Crippen molar-refractivity contribution in [2.45, 2.75) is 13.3 Å². The third-order valence-electron chi connectivity index (χ3n) is 4.60. The van der Waals surface area contributed by atoms with Crippen molar-refractivity contribution in [1.29, 1.82) is 0 Å². The molecule has 0 aliphatic carbocycles. The Morgan fingerprint density at radius 3 is 2.29 bits per heavy atom. The Bertz CT molecular complexity index is 1120. The molecule has 2 N–H and O–H groups in total. The zero-order chi connectivity index (χ0) is 22.2. The zero-order valence-electron chi connectivity index (χ0n) is 17.0. The van der Waals surface area contributed by atoms with Crippen LogP contribution in [-0.2, 0) is 25.5 Å². The number of anilines is 1. The van der Waals surface area contributed by atoms with E-state index in [0.29, 0.717) is 11.3 Å². The summed E-state index contributed by atoms with van der Waals surface area (Å²) in [7, 11) is 0. The molecule has 0 saturated heterocycles. The predicted molar refractivity (Wildman–Crippen MR) is 117 cm³/mol. The number of esters is 1. The average molecular weight is 418 g/mol. The number of nitrogens with one attached hydrogen (secondary N) is 2. The molecule has 31 heavy (non-hydrogen) atoms. The maximum atomic E-state index is 12.2. The van der Waals surface area contributed by atoms with Crippen LogP contribution in [0.4, 0.5) is 5.69 Å². The number of ketones is 1. The molecule has 158 valence electrons. The highest BCUT2D eigenvalue weighted by atomic mass is 16.5. The van der Waals surface area contributed by atoms with Crippen LogP contribution in [0.5, 0.6) is 0 Å². The Balaban J connectivity index is 1.41. The van der Waals surface area contributed by atoms with Gasteiger partial charge in [0.05, 0.1) is 6.42 Å². The summed E-state index contributed by atoms with van der Waals surface area (Å²) in [6.45, 7) is 0.643. The second kappa shape index (κ2) is 10.2. The molecule has 0 spiro atoms. The molecule has 3 rings (SSSR count). The maximum Gasteiger partial charge on any atom is 0.325 e. The van der Waals surface area contributed by atoms with Gasteiger partial charge in [-0.2, -0.15) is 0 Å². The van der Waals surface area contributed by atoms with E-state index in [2.05, 4.69) is 10.6 Å². The van der Waals surface area contributed by atoms with E-state index in [1.807, 2.05) is 42.5 Å². The van der Waals surface area contributed by atoms with Crippen molar-refractivity contribution >= 4 is 40.0 Å². The number of hydrogen-bond donors (Lipinski definition) is 2. The topological polar surface area (TPSA) is 102 Å². The van der Waals surface area contributed by atoms with Gasteiger partial charge in [-0.15, -0.1) is 0 Å². The largest absolute Gasteiger partial charge is 0.454 e. The Morgan fingerprint density at radius 1 is 0.839 bits per heavy atom. The fourth-order valence-electron chi connectivity index (χ4n) is 3.04. The van der Waals surface area contributed by atoms with E-state index in [4.69, 9.17) is 4.74 Å². The number of rotatable bonds is 8. The summed E-state index contributed by atoms with van der Waals surface area (Å²) >= 11 is 0. The Kier molecular flexibility index (Phi) is 7.11. The SMILES string of the molecule is CC(=O)c1ccc(NC(=O)COC(=O)CNC(=O)Cc2cccc3ccccc23)cc1. The first-order valence-corrected chi connectivity index (χ1v) is 9.72. The molecule has 2 amide bonds. The Labute approximate surface area is 179 Å².